The molecule has 3 fully saturated rings. The third kappa shape index (κ3) is 3.33. The topological polar surface area (TPSA) is 58.6 Å². The molecule has 0 aromatic heterocycles. The van der Waals surface area contributed by atoms with Gasteiger partial charge in [0.15, 0.2) is 0 Å². The molecule has 3 aliphatic carbocycles. The van der Waals surface area contributed by atoms with Crippen molar-refractivity contribution in [3.8, 4) is 5.75 Å². The number of nitrogens with zero attached hydrogens (tertiary/aromatic N) is 1. The molecule has 7 atom stereocenters. The number of nitrogens with one attached hydrogen (secondary N) is 1. The van der Waals surface area contributed by atoms with Crippen LogP contribution in [0.5, 0.6) is 5.75 Å². The largest absolute Gasteiger partial charge is 0.495 e. The maximum absolute atomic E-state index is 13.5. The van der Waals surface area contributed by atoms with Crippen molar-refractivity contribution in [3.05, 3.63) is 36.4 Å². The SMILES string of the molecule is CCN1C(=O)C=C[C@@]2(C)C1CC[C@@H]1[C@H]2CC[C@]2(C)C(C(=O)Nc3ccccc3OC)CC[C@@H]12. The summed E-state index contributed by atoms with van der Waals surface area (Å²) in [5.41, 5.74) is 0.844. The first kappa shape index (κ1) is 22.5. The number of likely N-dealkylation sites (N-methyl/N-ethyl adjacent to an activating group) is 1. The molecule has 2 unspecified atom stereocenters. The summed E-state index contributed by atoms with van der Waals surface area (Å²) in [7, 11) is 1.64. The number of methoxy groups -OCH3 is 1. The van der Waals surface area contributed by atoms with Crippen LogP contribution in [0.25, 0.3) is 0 Å². The Morgan fingerprint density at radius 3 is 2.67 bits per heavy atom. The molecule has 3 saturated carbocycles. The summed E-state index contributed by atoms with van der Waals surface area (Å²) in [5, 5.41) is 3.19. The molecule has 0 bridgehead atoms. The number of hydrogen-bond acceptors (Lipinski definition) is 3. The first-order valence-corrected chi connectivity index (χ1v) is 12.8. The highest BCUT2D eigenvalue weighted by atomic mass is 16.5. The molecule has 5 rings (SSSR count). The molecule has 0 radical (unpaired) electrons. The van der Waals surface area contributed by atoms with Crippen molar-refractivity contribution in [1.29, 1.82) is 0 Å². The van der Waals surface area contributed by atoms with Crippen molar-refractivity contribution in [2.75, 3.05) is 19.0 Å². The van der Waals surface area contributed by atoms with E-state index in [0.29, 0.717) is 29.5 Å². The highest BCUT2D eigenvalue weighted by Crippen LogP contribution is 2.65. The number of carbonyl (C=O) groups is 2. The van der Waals surface area contributed by atoms with Crippen LogP contribution in [0, 0.1) is 34.5 Å². The van der Waals surface area contributed by atoms with Gasteiger partial charge in [0.25, 0.3) is 0 Å². The van der Waals surface area contributed by atoms with Crippen LogP contribution in [-0.4, -0.2) is 36.4 Å². The molecule has 5 heteroatoms. The summed E-state index contributed by atoms with van der Waals surface area (Å²) in [5.74, 6) is 2.85. The van der Waals surface area contributed by atoms with Gasteiger partial charge in [-0.25, -0.2) is 0 Å². The normalized spacial score (nSPS) is 39.5. The molecule has 1 heterocycles. The Hall–Kier alpha value is -2.30. The van der Waals surface area contributed by atoms with Crippen LogP contribution in [0.2, 0.25) is 0 Å². The molecule has 33 heavy (non-hydrogen) atoms. The van der Waals surface area contributed by atoms with E-state index in [-0.39, 0.29) is 28.6 Å². The number of para-hydroxylation sites is 2. The zero-order valence-corrected chi connectivity index (χ0v) is 20.5. The van der Waals surface area contributed by atoms with Gasteiger partial charge in [-0.15, -0.1) is 0 Å². The van der Waals surface area contributed by atoms with E-state index in [0.717, 1.165) is 44.3 Å². The highest BCUT2D eigenvalue weighted by molar-refractivity contribution is 5.94. The van der Waals surface area contributed by atoms with Crippen molar-refractivity contribution in [2.24, 2.45) is 34.5 Å². The molecule has 2 amide bonds. The minimum absolute atomic E-state index is 0.0366. The van der Waals surface area contributed by atoms with Gasteiger partial charge >= 0.3 is 0 Å². The van der Waals surface area contributed by atoms with Gasteiger partial charge in [-0.3, -0.25) is 9.59 Å². The predicted molar refractivity (Wildman–Crippen MR) is 130 cm³/mol. The Morgan fingerprint density at radius 2 is 1.91 bits per heavy atom. The molecule has 0 spiro atoms. The molecular formula is C28H38N2O3. The molecule has 1 N–H and O–H groups in total. The van der Waals surface area contributed by atoms with Gasteiger partial charge in [0.2, 0.25) is 11.8 Å². The van der Waals surface area contributed by atoms with E-state index in [1.807, 2.05) is 30.3 Å². The van der Waals surface area contributed by atoms with E-state index in [1.165, 1.54) is 6.42 Å². The second-order valence-corrected chi connectivity index (χ2v) is 11.2. The molecular weight excluding hydrogens is 412 g/mol. The number of amides is 2. The zero-order valence-electron chi connectivity index (χ0n) is 20.5. The number of hydrogen-bond donors (Lipinski definition) is 1. The highest BCUT2D eigenvalue weighted by Gasteiger charge is 2.61. The van der Waals surface area contributed by atoms with Crippen LogP contribution in [0.15, 0.2) is 36.4 Å². The fraction of sp³-hybridized carbons (Fsp3) is 0.643. The zero-order chi connectivity index (χ0) is 23.4. The quantitative estimate of drug-likeness (QED) is 0.679. The third-order valence-corrected chi connectivity index (χ3v) is 9.99. The van der Waals surface area contributed by atoms with Crippen LogP contribution in [0.4, 0.5) is 5.69 Å². The first-order valence-electron chi connectivity index (χ1n) is 12.8. The van der Waals surface area contributed by atoms with Crippen LogP contribution in [0.1, 0.15) is 59.3 Å². The molecule has 1 aliphatic heterocycles. The average molecular weight is 451 g/mol. The smallest absolute Gasteiger partial charge is 0.246 e. The van der Waals surface area contributed by atoms with E-state index >= 15 is 0 Å². The van der Waals surface area contributed by atoms with Gasteiger partial charge in [-0.2, -0.15) is 0 Å². The number of ether oxygens (including phenoxy) is 1. The Morgan fingerprint density at radius 1 is 1.12 bits per heavy atom. The second kappa shape index (κ2) is 8.18. The molecule has 178 valence electrons. The van der Waals surface area contributed by atoms with Crippen molar-refractivity contribution < 1.29 is 14.3 Å². The van der Waals surface area contributed by atoms with E-state index < -0.39 is 0 Å². The maximum Gasteiger partial charge on any atom is 0.246 e. The first-order chi connectivity index (χ1) is 15.8. The van der Waals surface area contributed by atoms with Crippen LogP contribution in [0.3, 0.4) is 0 Å². The number of carbonyl (C=O) groups excluding carboxylic acids is 2. The fourth-order valence-electron chi connectivity index (χ4n) is 8.37. The lowest BCUT2D eigenvalue weighted by molar-refractivity contribution is -0.143. The lowest BCUT2D eigenvalue weighted by Gasteiger charge is -2.60. The van der Waals surface area contributed by atoms with Crippen molar-refractivity contribution in [1.82, 2.24) is 4.90 Å². The van der Waals surface area contributed by atoms with Gasteiger partial charge in [0, 0.05) is 23.9 Å². The minimum Gasteiger partial charge on any atom is -0.495 e. The number of benzene rings is 1. The molecule has 1 aromatic carbocycles. The fourth-order valence-corrected chi connectivity index (χ4v) is 8.37. The van der Waals surface area contributed by atoms with Crippen molar-refractivity contribution in [2.45, 2.75) is 65.3 Å². The molecule has 1 aromatic rings. The van der Waals surface area contributed by atoms with E-state index in [2.05, 4.69) is 37.1 Å². The van der Waals surface area contributed by atoms with Gasteiger partial charge in [0.1, 0.15) is 5.75 Å². The van der Waals surface area contributed by atoms with E-state index in [1.54, 1.807) is 7.11 Å². The van der Waals surface area contributed by atoms with Crippen LogP contribution >= 0.6 is 0 Å². The standard InChI is InChI=1S/C28H38N2O3/c1-5-30-24-13-10-18-19-11-12-21(26(32)29-22-8-6-7-9-23(22)33-4)27(19,2)16-14-20(18)28(24,3)17-15-25(30)31/h6-9,15,17-21,24H,5,10-14,16H2,1-4H3,(H,29,32)/t18-,19-,20+,21?,24?,27-,28+/m0/s1. The summed E-state index contributed by atoms with van der Waals surface area (Å²) in [6, 6.07) is 7.98. The Kier molecular flexibility index (Phi) is 5.57. The summed E-state index contributed by atoms with van der Waals surface area (Å²) in [6.07, 6.45) is 10.6. The van der Waals surface area contributed by atoms with Crippen LogP contribution in [-0.2, 0) is 9.59 Å². The second-order valence-electron chi connectivity index (χ2n) is 11.2. The summed E-state index contributed by atoms with van der Waals surface area (Å²) in [4.78, 5) is 28.1. The molecule has 4 aliphatic rings. The van der Waals surface area contributed by atoms with Gasteiger partial charge < -0.3 is 15.0 Å². The van der Waals surface area contributed by atoms with Crippen molar-refractivity contribution >= 4 is 17.5 Å². The van der Waals surface area contributed by atoms with Crippen molar-refractivity contribution in [3.63, 3.8) is 0 Å². The summed E-state index contributed by atoms with van der Waals surface area (Å²) in [6.45, 7) is 7.65. The van der Waals surface area contributed by atoms with E-state index in [4.69, 9.17) is 4.74 Å². The number of rotatable bonds is 4. The summed E-state index contributed by atoms with van der Waals surface area (Å²) >= 11 is 0. The lowest BCUT2D eigenvalue weighted by atomic mass is 9.47. The Bertz CT molecular complexity index is 974. The summed E-state index contributed by atoms with van der Waals surface area (Å²) < 4.78 is 5.45. The van der Waals surface area contributed by atoms with Gasteiger partial charge in [-0.1, -0.05) is 32.1 Å². The minimum atomic E-state index is 0.0366. The number of fused-ring (bicyclic) bond motifs is 5. The monoisotopic (exact) mass is 450 g/mol. The Labute approximate surface area is 197 Å². The van der Waals surface area contributed by atoms with Gasteiger partial charge in [0.05, 0.1) is 12.8 Å². The molecule has 5 nitrogen and oxygen atoms in total. The van der Waals surface area contributed by atoms with Gasteiger partial charge in [-0.05, 0) is 86.8 Å². The molecule has 0 saturated heterocycles. The lowest BCUT2D eigenvalue weighted by Crippen LogP contribution is -2.60. The number of anilines is 1. The maximum atomic E-state index is 13.5. The van der Waals surface area contributed by atoms with Crippen LogP contribution < -0.4 is 10.1 Å². The third-order valence-electron chi connectivity index (χ3n) is 9.99. The Balaban J connectivity index is 1.38. The van der Waals surface area contributed by atoms with E-state index in [9.17, 15) is 9.59 Å². The predicted octanol–water partition coefficient (Wildman–Crippen LogP) is 5.28. The average Bonchev–Trinajstić information content (AvgIpc) is 3.17.